The maximum Gasteiger partial charge on any atom is 0.407 e. The Kier molecular flexibility index (Phi) is 7.70. The molecule has 35 heavy (non-hydrogen) atoms. The minimum atomic E-state index is -1.08. The van der Waals surface area contributed by atoms with Gasteiger partial charge < -0.3 is 25.2 Å². The first kappa shape index (κ1) is 24.7. The Bertz CT molecular complexity index is 1030. The van der Waals surface area contributed by atoms with E-state index >= 15 is 0 Å². The number of rotatable bonds is 9. The predicted molar refractivity (Wildman–Crippen MR) is 130 cm³/mol. The zero-order valence-corrected chi connectivity index (χ0v) is 19.9. The number of amides is 2. The molecule has 2 aromatic rings. The molecule has 4 rings (SSSR count). The van der Waals surface area contributed by atoms with Gasteiger partial charge in [0, 0.05) is 31.5 Å². The Morgan fingerprint density at radius 2 is 1.74 bits per heavy atom. The lowest BCUT2D eigenvalue weighted by atomic mass is 9.82. The Morgan fingerprint density at radius 1 is 1.09 bits per heavy atom. The molecule has 1 aliphatic carbocycles. The summed E-state index contributed by atoms with van der Waals surface area (Å²) in [7, 11) is 0. The number of benzene rings is 2. The van der Waals surface area contributed by atoms with Gasteiger partial charge in [0.25, 0.3) is 0 Å². The molecule has 0 saturated carbocycles. The van der Waals surface area contributed by atoms with Gasteiger partial charge in [0.1, 0.15) is 12.0 Å². The van der Waals surface area contributed by atoms with Crippen molar-refractivity contribution in [2.75, 3.05) is 32.9 Å². The van der Waals surface area contributed by atoms with Crippen LogP contribution >= 0.6 is 0 Å². The molecule has 3 N–H and O–H groups in total. The van der Waals surface area contributed by atoms with Crippen LogP contribution in [0.3, 0.4) is 0 Å². The van der Waals surface area contributed by atoms with Crippen LogP contribution in [0.1, 0.15) is 43.2 Å². The van der Waals surface area contributed by atoms with Crippen molar-refractivity contribution in [3.63, 3.8) is 0 Å². The van der Waals surface area contributed by atoms with E-state index in [0.717, 1.165) is 11.1 Å². The zero-order chi connectivity index (χ0) is 24.8. The Hall–Kier alpha value is -3.39. The van der Waals surface area contributed by atoms with Crippen LogP contribution in [0, 0.1) is 11.3 Å². The molecule has 0 bridgehead atoms. The van der Waals surface area contributed by atoms with Crippen LogP contribution in [0.25, 0.3) is 11.1 Å². The highest BCUT2D eigenvalue weighted by molar-refractivity contribution is 5.81. The van der Waals surface area contributed by atoms with Gasteiger partial charge in [0.05, 0.1) is 6.61 Å². The van der Waals surface area contributed by atoms with Gasteiger partial charge in [-0.1, -0.05) is 55.5 Å². The van der Waals surface area contributed by atoms with E-state index in [1.54, 1.807) is 6.92 Å². The average molecular weight is 481 g/mol. The maximum atomic E-state index is 12.5. The molecule has 0 aromatic heterocycles. The van der Waals surface area contributed by atoms with Crippen molar-refractivity contribution in [1.82, 2.24) is 10.6 Å². The predicted octanol–water partition coefficient (Wildman–Crippen LogP) is 3.55. The number of ether oxygens (including phenoxy) is 2. The lowest BCUT2D eigenvalue weighted by molar-refractivity contribution is -0.157. The fraction of sp³-hybridized carbons (Fsp3) is 0.444. The van der Waals surface area contributed by atoms with E-state index in [-0.39, 0.29) is 44.0 Å². The van der Waals surface area contributed by atoms with E-state index in [1.807, 2.05) is 24.3 Å². The van der Waals surface area contributed by atoms with Gasteiger partial charge >= 0.3 is 12.1 Å². The molecule has 1 aliphatic heterocycles. The van der Waals surface area contributed by atoms with Crippen molar-refractivity contribution in [2.45, 2.75) is 32.1 Å². The smallest absolute Gasteiger partial charge is 0.407 e. The number of carbonyl (C=O) groups is 3. The molecule has 1 heterocycles. The normalized spacial score (nSPS) is 19.8. The van der Waals surface area contributed by atoms with Crippen LogP contribution < -0.4 is 10.6 Å². The third kappa shape index (κ3) is 5.48. The molecule has 2 atom stereocenters. The molecule has 1 saturated heterocycles. The van der Waals surface area contributed by atoms with Crippen LogP contribution in [-0.4, -0.2) is 56.0 Å². The minimum Gasteiger partial charge on any atom is -0.481 e. The molecule has 2 aromatic carbocycles. The lowest BCUT2D eigenvalue weighted by Gasteiger charge is -2.33. The van der Waals surface area contributed by atoms with Crippen LogP contribution in [-0.2, 0) is 19.1 Å². The van der Waals surface area contributed by atoms with Gasteiger partial charge in [-0.15, -0.1) is 0 Å². The monoisotopic (exact) mass is 480 g/mol. The summed E-state index contributed by atoms with van der Waals surface area (Å²) in [4.78, 5) is 36.5. The summed E-state index contributed by atoms with van der Waals surface area (Å²) in [6, 6.07) is 16.3. The quantitative estimate of drug-likeness (QED) is 0.506. The van der Waals surface area contributed by atoms with E-state index in [9.17, 15) is 19.5 Å². The SMILES string of the molecule is CC(CCNC(=O)OCC1c2ccccc2-c2ccccc21)C(=O)NCC1(C(=O)O)CCCOC1. The van der Waals surface area contributed by atoms with Crippen molar-refractivity contribution in [3.8, 4) is 11.1 Å². The molecule has 2 amide bonds. The number of hydrogen-bond acceptors (Lipinski definition) is 5. The fourth-order valence-corrected chi connectivity index (χ4v) is 4.84. The summed E-state index contributed by atoms with van der Waals surface area (Å²) in [6.45, 7) is 2.93. The number of carboxylic acids is 1. The van der Waals surface area contributed by atoms with Gasteiger partial charge in [-0.2, -0.15) is 0 Å². The fourth-order valence-electron chi connectivity index (χ4n) is 4.84. The number of carbonyl (C=O) groups excluding carboxylic acids is 2. The van der Waals surface area contributed by atoms with Crippen LogP contribution in [0.5, 0.6) is 0 Å². The molecule has 1 fully saturated rings. The van der Waals surface area contributed by atoms with Gasteiger partial charge in [-0.3, -0.25) is 9.59 Å². The standard InChI is InChI=1S/C27H32N2O6/c1-18(24(30)29-16-27(25(31)32)12-6-14-34-17-27)11-13-28-26(33)35-15-23-21-9-4-2-7-19(21)20-8-3-5-10-22(20)23/h2-5,7-10,18,23H,6,11-17H2,1H3,(H,28,33)(H,29,30)(H,31,32). The molecule has 2 unspecified atom stereocenters. The number of fused-ring (bicyclic) bond motifs is 3. The van der Waals surface area contributed by atoms with Crippen LogP contribution in [0.15, 0.2) is 48.5 Å². The second-order valence-corrected chi connectivity index (χ2v) is 9.40. The summed E-state index contributed by atoms with van der Waals surface area (Å²) in [5.74, 6) is -1.60. The summed E-state index contributed by atoms with van der Waals surface area (Å²) < 4.78 is 10.9. The summed E-state index contributed by atoms with van der Waals surface area (Å²) >= 11 is 0. The largest absolute Gasteiger partial charge is 0.481 e. The van der Waals surface area contributed by atoms with Crippen molar-refractivity contribution < 1.29 is 29.0 Å². The number of alkyl carbamates (subject to hydrolysis) is 1. The Balaban J connectivity index is 1.21. The number of aliphatic carboxylic acids is 1. The average Bonchev–Trinajstić information content (AvgIpc) is 3.20. The summed E-state index contributed by atoms with van der Waals surface area (Å²) in [5.41, 5.74) is 3.55. The van der Waals surface area contributed by atoms with Crippen molar-refractivity contribution in [3.05, 3.63) is 59.7 Å². The molecule has 2 aliphatic rings. The van der Waals surface area contributed by atoms with Crippen molar-refractivity contribution in [2.24, 2.45) is 11.3 Å². The molecule has 186 valence electrons. The first-order valence-electron chi connectivity index (χ1n) is 12.1. The van der Waals surface area contributed by atoms with Crippen molar-refractivity contribution in [1.29, 1.82) is 0 Å². The highest BCUT2D eigenvalue weighted by Crippen LogP contribution is 2.44. The second kappa shape index (κ2) is 10.9. The van der Waals surface area contributed by atoms with E-state index in [0.29, 0.717) is 25.9 Å². The van der Waals surface area contributed by atoms with E-state index < -0.39 is 17.5 Å². The zero-order valence-electron chi connectivity index (χ0n) is 19.9. The van der Waals surface area contributed by atoms with Gasteiger partial charge in [-0.25, -0.2) is 4.79 Å². The minimum absolute atomic E-state index is 0.0109. The Morgan fingerprint density at radius 3 is 2.34 bits per heavy atom. The molecule has 8 heteroatoms. The van der Waals surface area contributed by atoms with Crippen molar-refractivity contribution >= 4 is 18.0 Å². The lowest BCUT2D eigenvalue weighted by Crippen LogP contribution is -2.49. The highest BCUT2D eigenvalue weighted by Gasteiger charge is 2.41. The second-order valence-electron chi connectivity index (χ2n) is 9.40. The first-order chi connectivity index (χ1) is 16.9. The number of nitrogens with one attached hydrogen (secondary N) is 2. The summed E-state index contributed by atoms with van der Waals surface area (Å²) in [6.07, 6.45) is 1.01. The Labute approximate surface area is 205 Å². The van der Waals surface area contributed by atoms with Gasteiger partial charge in [0.15, 0.2) is 0 Å². The molecule has 0 spiro atoms. The van der Waals surface area contributed by atoms with E-state index in [1.165, 1.54) is 11.1 Å². The summed E-state index contributed by atoms with van der Waals surface area (Å²) in [5, 5.41) is 15.1. The molecule has 8 nitrogen and oxygen atoms in total. The highest BCUT2D eigenvalue weighted by atomic mass is 16.5. The maximum absolute atomic E-state index is 12.5. The number of hydrogen-bond donors (Lipinski definition) is 3. The van der Waals surface area contributed by atoms with Crippen LogP contribution in [0.2, 0.25) is 0 Å². The third-order valence-corrected chi connectivity index (χ3v) is 7.01. The molecule has 0 radical (unpaired) electrons. The van der Waals surface area contributed by atoms with E-state index in [2.05, 4.69) is 34.9 Å². The molecular formula is C27H32N2O6. The van der Waals surface area contributed by atoms with Gasteiger partial charge in [0.2, 0.25) is 5.91 Å². The van der Waals surface area contributed by atoms with Gasteiger partial charge in [-0.05, 0) is 41.5 Å². The number of carboxylic acid groups (broad SMARTS) is 1. The third-order valence-electron chi connectivity index (χ3n) is 7.01. The molecular weight excluding hydrogens is 448 g/mol. The van der Waals surface area contributed by atoms with E-state index in [4.69, 9.17) is 9.47 Å². The first-order valence-corrected chi connectivity index (χ1v) is 12.1. The topological polar surface area (TPSA) is 114 Å². The van der Waals surface area contributed by atoms with Crippen LogP contribution in [0.4, 0.5) is 4.79 Å².